The van der Waals surface area contributed by atoms with Crippen molar-refractivity contribution in [2.45, 2.75) is 50.6 Å². The van der Waals surface area contributed by atoms with Gasteiger partial charge in [0.05, 0.1) is 12.6 Å². The van der Waals surface area contributed by atoms with Gasteiger partial charge in [0.15, 0.2) is 11.5 Å². The van der Waals surface area contributed by atoms with Crippen LogP contribution < -0.4 is 15.2 Å². The third-order valence-corrected chi connectivity index (χ3v) is 7.24. The largest absolute Gasteiger partial charge is 0.493 e. The van der Waals surface area contributed by atoms with Crippen molar-refractivity contribution in [2.75, 3.05) is 20.3 Å². The number of methoxy groups -OCH3 is 1. The number of aryl methyl sites for hydroxylation is 1. The van der Waals surface area contributed by atoms with E-state index in [9.17, 15) is 13.6 Å². The number of primary amides is 1. The molecule has 180 valence electrons. The molecular weight excluding hydrogens is 440 g/mol. The molecular formula is C26H29F2N3O3. The predicted molar refractivity (Wildman–Crippen MR) is 125 cm³/mol. The molecule has 3 N–H and O–H groups in total. The Balaban J connectivity index is 1.33. The summed E-state index contributed by atoms with van der Waals surface area (Å²) in [6.45, 7) is 1.33. The van der Waals surface area contributed by atoms with Gasteiger partial charge >= 0.3 is 0 Å². The highest BCUT2D eigenvalue weighted by molar-refractivity contribution is 5.95. The Kier molecular flexibility index (Phi) is 6.16. The number of amides is 1. The van der Waals surface area contributed by atoms with Crippen molar-refractivity contribution in [1.29, 1.82) is 0 Å². The smallest absolute Gasteiger partial charge is 0.249 e. The summed E-state index contributed by atoms with van der Waals surface area (Å²) in [5.41, 5.74) is 8.17. The van der Waals surface area contributed by atoms with Crippen LogP contribution in [0.2, 0.25) is 0 Å². The molecule has 1 amide bonds. The zero-order chi connectivity index (χ0) is 23.8. The van der Waals surface area contributed by atoms with E-state index in [2.05, 4.69) is 9.88 Å². The SMILES string of the molecule is COc1ccc(C(N)=O)c2c1OC[C@H](N(CCCc1c[nH]c3c(F)cc(F)cc13)C1CCC1)C2. The van der Waals surface area contributed by atoms with E-state index in [0.29, 0.717) is 53.5 Å². The molecule has 1 saturated carbocycles. The Bertz CT molecular complexity index is 1220. The van der Waals surface area contributed by atoms with Gasteiger partial charge in [-0.3, -0.25) is 9.69 Å². The molecule has 2 aliphatic rings. The summed E-state index contributed by atoms with van der Waals surface area (Å²) in [6.07, 6.45) is 7.44. The number of fused-ring (bicyclic) bond motifs is 2. The minimum Gasteiger partial charge on any atom is -0.493 e. The molecule has 1 aliphatic heterocycles. The van der Waals surface area contributed by atoms with Crippen LogP contribution in [0, 0.1) is 11.6 Å². The molecule has 0 radical (unpaired) electrons. The number of hydrogen-bond acceptors (Lipinski definition) is 4. The maximum Gasteiger partial charge on any atom is 0.249 e. The fraction of sp³-hybridized carbons (Fsp3) is 0.423. The number of ether oxygens (including phenoxy) is 2. The number of nitrogens with two attached hydrogens (primary N) is 1. The monoisotopic (exact) mass is 469 g/mol. The Labute approximate surface area is 197 Å². The van der Waals surface area contributed by atoms with Crippen molar-refractivity contribution in [3.63, 3.8) is 0 Å². The maximum absolute atomic E-state index is 14.0. The molecule has 8 heteroatoms. The van der Waals surface area contributed by atoms with Gasteiger partial charge in [0.2, 0.25) is 5.91 Å². The molecule has 0 spiro atoms. The van der Waals surface area contributed by atoms with Crippen LogP contribution in [0.5, 0.6) is 11.5 Å². The summed E-state index contributed by atoms with van der Waals surface area (Å²) in [7, 11) is 1.58. The highest BCUT2D eigenvalue weighted by atomic mass is 19.1. The lowest BCUT2D eigenvalue weighted by Crippen LogP contribution is -2.51. The number of benzene rings is 2. The lowest BCUT2D eigenvalue weighted by Gasteiger charge is -2.44. The highest BCUT2D eigenvalue weighted by Gasteiger charge is 2.35. The zero-order valence-corrected chi connectivity index (χ0v) is 19.2. The molecule has 1 aliphatic carbocycles. The molecule has 5 rings (SSSR count). The molecule has 2 heterocycles. The molecule has 3 aromatic rings. The molecule has 6 nitrogen and oxygen atoms in total. The molecule has 34 heavy (non-hydrogen) atoms. The number of rotatable bonds is 8. The Morgan fingerprint density at radius 1 is 1.26 bits per heavy atom. The molecule has 0 bridgehead atoms. The third kappa shape index (κ3) is 4.11. The first-order valence-corrected chi connectivity index (χ1v) is 11.8. The van der Waals surface area contributed by atoms with Crippen molar-refractivity contribution in [2.24, 2.45) is 5.73 Å². The van der Waals surface area contributed by atoms with Crippen LogP contribution in [0.25, 0.3) is 10.9 Å². The van der Waals surface area contributed by atoms with E-state index < -0.39 is 17.5 Å². The lowest BCUT2D eigenvalue weighted by molar-refractivity contribution is 0.0426. The number of aromatic amines is 1. The van der Waals surface area contributed by atoms with Gasteiger partial charge in [-0.25, -0.2) is 8.78 Å². The third-order valence-electron chi connectivity index (χ3n) is 7.24. The van der Waals surface area contributed by atoms with Gasteiger partial charge in [0, 0.05) is 40.9 Å². The van der Waals surface area contributed by atoms with Gasteiger partial charge in [-0.15, -0.1) is 0 Å². The zero-order valence-electron chi connectivity index (χ0n) is 19.2. The van der Waals surface area contributed by atoms with Crippen molar-refractivity contribution < 1.29 is 23.0 Å². The minimum absolute atomic E-state index is 0.112. The second-order valence-corrected chi connectivity index (χ2v) is 9.21. The molecule has 1 atom stereocenters. The maximum atomic E-state index is 14.0. The first kappa shape index (κ1) is 22.7. The van der Waals surface area contributed by atoms with Gasteiger partial charge in [-0.05, 0) is 62.4 Å². The van der Waals surface area contributed by atoms with Crippen LogP contribution in [-0.4, -0.2) is 48.1 Å². The molecule has 1 fully saturated rings. The molecule has 0 saturated heterocycles. The quantitative estimate of drug-likeness (QED) is 0.514. The van der Waals surface area contributed by atoms with Gasteiger partial charge in [0.25, 0.3) is 0 Å². The van der Waals surface area contributed by atoms with Crippen LogP contribution in [0.4, 0.5) is 8.78 Å². The van der Waals surface area contributed by atoms with Gasteiger partial charge in [-0.2, -0.15) is 0 Å². The number of nitrogens with zero attached hydrogens (tertiary/aromatic N) is 1. The van der Waals surface area contributed by atoms with Crippen molar-refractivity contribution in [3.8, 4) is 11.5 Å². The lowest BCUT2D eigenvalue weighted by atomic mass is 9.87. The van der Waals surface area contributed by atoms with Crippen LogP contribution in [0.15, 0.2) is 30.5 Å². The van der Waals surface area contributed by atoms with Crippen molar-refractivity contribution in [1.82, 2.24) is 9.88 Å². The Hall–Kier alpha value is -3.13. The van der Waals surface area contributed by atoms with E-state index in [1.165, 1.54) is 12.5 Å². The summed E-state index contributed by atoms with van der Waals surface area (Å²) in [4.78, 5) is 17.5. The highest BCUT2D eigenvalue weighted by Crippen LogP contribution is 2.39. The normalized spacial score (nSPS) is 17.9. The summed E-state index contributed by atoms with van der Waals surface area (Å²) < 4.78 is 39.4. The number of nitrogens with one attached hydrogen (secondary N) is 1. The first-order valence-electron chi connectivity index (χ1n) is 11.8. The second kappa shape index (κ2) is 9.25. The number of carbonyl (C=O) groups excluding carboxylic acids is 1. The van der Waals surface area contributed by atoms with E-state index in [1.54, 1.807) is 25.4 Å². The van der Waals surface area contributed by atoms with E-state index in [-0.39, 0.29) is 6.04 Å². The molecule has 2 aromatic carbocycles. The standard InChI is InChI=1S/C26H29F2N3O3/c1-33-23-8-7-19(26(29)32)21-12-18(14-34-25(21)23)31(17-5-2-6-17)9-3-4-15-13-30-24-20(15)10-16(27)11-22(24)28/h7-8,10-11,13,17-18,30H,2-6,9,12,14H2,1H3,(H2,29,32)/t18-/m1/s1. The average molecular weight is 470 g/mol. The second-order valence-electron chi connectivity index (χ2n) is 9.21. The summed E-state index contributed by atoms with van der Waals surface area (Å²) in [5.74, 6) is -0.409. The fourth-order valence-electron chi connectivity index (χ4n) is 5.30. The Morgan fingerprint density at radius 3 is 2.79 bits per heavy atom. The minimum atomic E-state index is -0.573. The summed E-state index contributed by atoms with van der Waals surface area (Å²) >= 11 is 0. The van der Waals surface area contributed by atoms with Crippen LogP contribution >= 0.6 is 0 Å². The van der Waals surface area contributed by atoms with E-state index in [4.69, 9.17) is 15.2 Å². The first-order chi connectivity index (χ1) is 16.5. The number of aromatic nitrogens is 1. The number of hydrogen-bond donors (Lipinski definition) is 2. The fourth-order valence-corrected chi connectivity index (χ4v) is 5.30. The summed E-state index contributed by atoms with van der Waals surface area (Å²) in [6, 6.07) is 6.29. The van der Waals surface area contributed by atoms with Gasteiger partial charge in [0.1, 0.15) is 18.2 Å². The van der Waals surface area contributed by atoms with Gasteiger partial charge < -0.3 is 20.2 Å². The van der Waals surface area contributed by atoms with Crippen LogP contribution in [-0.2, 0) is 12.8 Å². The molecule has 1 aromatic heterocycles. The van der Waals surface area contributed by atoms with E-state index in [0.717, 1.165) is 43.0 Å². The van der Waals surface area contributed by atoms with E-state index >= 15 is 0 Å². The Morgan fingerprint density at radius 2 is 2.09 bits per heavy atom. The predicted octanol–water partition coefficient (Wildman–Crippen LogP) is 4.34. The topological polar surface area (TPSA) is 80.6 Å². The van der Waals surface area contributed by atoms with Gasteiger partial charge in [-0.1, -0.05) is 6.42 Å². The van der Waals surface area contributed by atoms with Crippen molar-refractivity contribution in [3.05, 3.63) is 58.8 Å². The molecule has 0 unspecified atom stereocenters. The number of H-pyrrole nitrogens is 1. The average Bonchev–Trinajstić information content (AvgIpc) is 3.18. The van der Waals surface area contributed by atoms with Crippen LogP contribution in [0.3, 0.4) is 0 Å². The number of halogens is 2. The number of carbonyl (C=O) groups is 1. The van der Waals surface area contributed by atoms with E-state index in [1.807, 2.05) is 0 Å². The summed E-state index contributed by atoms with van der Waals surface area (Å²) in [5, 5.41) is 0.598. The van der Waals surface area contributed by atoms with Crippen molar-refractivity contribution >= 4 is 16.8 Å². The van der Waals surface area contributed by atoms with Crippen LogP contribution in [0.1, 0.15) is 47.2 Å².